The Morgan fingerprint density at radius 3 is 2.55 bits per heavy atom. The van der Waals surface area contributed by atoms with E-state index in [-0.39, 0.29) is 18.1 Å². The van der Waals surface area contributed by atoms with Crippen molar-refractivity contribution in [2.75, 3.05) is 11.9 Å². The molecular formula is C22H20ClFN6O. The van der Waals surface area contributed by atoms with Crippen LogP contribution in [0.3, 0.4) is 0 Å². The van der Waals surface area contributed by atoms with E-state index in [1.54, 1.807) is 35.1 Å². The van der Waals surface area contributed by atoms with Gasteiger partial charge in [0.15, 0.2) is 5.65 Å². The van der Waals surface area contributed by atoms with Crippen LogP contribution in [0, 0.1) is 5.82 Å². The van der Waals surface area contributed by atoms with Crippen molar-refractivity contribution in [3.05, 3.63) is 83.0 Å². The summed E-state index contributed by atoms with van der Waals surface area (Å²) in [7, 11) is 0. The van der Waals surface area contributed by atoms with Crippen LogP contribution in [0.2, 0.25) is 5.02 Å². The molecule has 9 heteroatoms. The summed E-state index contributed by atoms with van der Waals surface area (Å²) >= 11 is 5.87. The zero-order chi connectivity index (χ0) is 21.6. The Hall–Kier alpha value is -3.52. The van der Waals surface area contributed by atoms with Crippen molar-refractivity contribution >= 4 is 34.4 Å². The molecule has 0 radical (unpaired) electrons. The Morgan fingerprint density at radius 1 is 1.03 bits per heavy atom. The monoisotopic (exact) mass is 438 g/mol. The SMILES string of the molecule is O=C(Cc1ccc(Cl)cc1)NCCn1ncc2c(NCc3ccc(F)cc3)ncnc21. The molecule has 0 saturated heterocycles. The van der Waals surface area contributed by atoms with Crippen molar-refractivity contribution in [2.24, 2.45) is 0 Å². The number of carbonyl (C=O) groups is 1. The predicted octanol–water partition coefficient (Wildman–Crippen LogP) is 3.59. The average Bonchev–Trinajstić information content (AvgIpc) is 3.19. The number of hydrogen-bond donors (Lipinski definition) is 2. The standard InChI is InChI=1S/C22H20ClFN6O/c23-17-5-1-15(2-6-17)11-20(31)25-9-10-30-22-19(13-29-30)21(27-14-28-22)26-12-16-3-7-18(24)8-4-16/h1-8,13-14H,9-12H2,(H,25,31)(H,26,27,28). The lowest BCUT2D eigenvalue weighted by Crippen LogP contribution is -2.28. The summed E-state index contributed by atoms with van der Waals surface area (Å²) < 4.78 is 14.8. The molecule has 7 nitrogen and oxygen atoms in total. The molecule has 158 valence electrons. The molecule has 1 amide bonds. The first-order valence-electron chi connectivity index (χ1n) is 9.74. The third-order valence-corrected chi connectivity index (χ3v) is 4.98. The van der Waals surface area contributed by atoms with E-state index in [0.29, 0.717) is 36.1 Å². The van der Waals surface area contributed by atoms with Crippen LogP contribution >= 0.6 is 11.6 Å². The predicted molar refractivity (Wildman–Crippen MR) is 117 cm³/mol. The molecule has 2 N–H and O–H groups in total. The van der Waals surface area contributed by atoms with Gasteiger partial charge < -0.3 is 10.6 Å². The minimum atomic E-state index is -0.269. The van der Waals surface area contributed by atoms with E-state index < -0.39 is 0 Å². The van der Waals surface area contributed by atoms with Crippen molar-refractivity contribution in [3.63, 3.8) is 0 Å². The van der Waals surface area contributed by atoms with E-state index in [9.17, 15) is 9.18 Å². The largest absolute Gasteiger partial charge is 0.365 e. The number of halogens is 2. The molecule has 0 bridgehead atoms. The van der Waals surface area contributed by atoms with Crippen molar-refractivity contribution in [3.8, 4) is 0 Å². The van der Waals surface area contributed by atoms with Crippen molar-refractivity contribution in [1.29, 1.82) is 0 Å². The van der Waals surface area contributed by atoms with Crippen LogP contribution in [0.25, 0.3) is 11.0 Å². The number of benzene rings is 2. The fraction of sp³-hybridized carbons (Fsp3) is 0.182. The van der Waals surface area contributed by atoms with Gasteiger partial charge in [-0.05, 0) is 35.4 Å². The molecule has 0 fully saturated rings. The van der Waals surface area contributed by atoms with Crippen LogP contribution in [0.1, 0.15) is 11.1 Å². The Bertz CT molecular complexity index is 1180. The molecule has 31 heavy (non-hydrogen) atoms. The zero-order valence-electron chi connectivity index (χ0n) is 16.6. The van der Waals surface area contributed by atoms with Crippen LogP contribution in [0.5, 0.6) is 0 Å². The Morgan fingerprint density at radius 2 is 1.77 bits per heavy atom. The molecule has 2 aromatic carbocycles. The van der Waals surface area contributed by atoms with Gasteiger partial charge in [0.2, 0.25) is 5.91 Å². The molecule has 4 rings (SSSR count). The smallest absolute Gasteiger partial charge is 0.224 e. The number of anilines is 1. The fourth-order valence-electron chi connectivity index (χ4n) is 3.14. The highest BCUT2D eigenvalue weighted by Gasteiger charge is 2.10. The molecule has 0 atom stereocenters. The molecule has 0 aliphatic rings. The van der Waals surface area contributed by atoms with Crippen LogP contribution in [-0.4, -0.2) is 32.2 Å². The summed E-state index contributed by atoms with van der Waals surface area (Å²) in [6, 6.07) is 13.5. The second kappa shape index (κ2) is 9.53. The molecule has 0 aliphatic carbocycles. The molecule has 2 aromatic heterocycles. The maximum atomic E-state index is 13.1. The Balaban J connectivity index is 1.34. The molecule has 0 spiro atoms. The molecule has 2 heterocycles. The highest BCUT2D eigenvalue weighted by molar-refractivity contribution is 6.30. The van der Waals surface area contributed by atoms with Crippen molar-refractivity contribution < 1.29 is 9.18 Å². The maximum Gasteiger partial charge on any atom is 0.224 e. The number of amides is 1. The van der Waals surface area contributed by atoms with E-state index in [0.717, 1.165) is 16.5 Å². The normalized spacial score (nSPS) is 10.9. The van der Waals surface area contributed by atoms with Gasteiger partial charge in [-0.1, -0.05) is 35.9 Å². The minimum absolute atomic E-state index is 0.0740. The summed E-state index contributed by atoms with van der Waals surface area (Å²) in [6.45, 7) is 1.40. The quantitative estimate of drug-likeness (QED) is 0.439. The topological polar surface area (TPSA) is 84.7 Å². The van der Waals surface area contributed by atoms with Gasteiger partial charge in [0.05, 0.1) is 24.5 Å². The van der Waals surface area contributed by atoms with Gasteiger partial charge in [0.1, 0.15) is 18.0 Å². The summed E-state index contributed by atoms with van der Waals surface area (Å²) in [5.74, 6) is 0.303. The van der Waals surface area contributed by atoms with E-state index >= 15 is 0 Å². The fourth-order valence-corrected chi connectivity index (χ4v) is 3.26. The number of aromatic nitrogens is 4. The third-order valence-electron chi connectivity index (χ3n) is 4.73. The van der Waals surface area contributed by atoms with Crippen LogP contribution < -0.4 is 10.6 Å². The van der Waals surface area contributed by atoms with E-state index in [2.05, 4.69) is 25.7 Å². The third kappa shape index (κ3) is 5.35. The molecular weight excluding hydrogens is 419 g/mol. The number of nitrogens with zero attached hydrogens (tertiary/aromatic N) is 4. The second-order valence-electron chi connectivity index (χ2n) is 6.96. The summed E-state index contributed by atoms with van der Waals surface area (Å²) in [5, 5.41) is 11.9. The number of hydrogen-bond acceptors (Lipinski definition) is 5. The number of fused-ring (bicyclic) bond motifs is 1. The van der Waals surface area contributed by atoms with Crippen molar-refractivity contribution in [1.82, 2.24) is 25.1 Å². The van der Waals surface area contributed by atoms with Crippen LogP contribution in [0.4, 0.5) is 10.2 Å². The van der Waals surface area contributed by atoms with Crippen LogP contribution in [-0.2, 0) is 24.3 Å². The summed E-state index contributed by atoms with van der Waals surface area (Å²) in [5.41, 5.74) is 2.50. The number of carbonyl (C=O) groups excluding carboxylic acids is 1. The second-order valence-corrected chi connectivity index (χ2v) is 7.40. The lowest BCUT2D eigenvalue weighted by atomic mass is 10.1. The highest BCUT2D eigenvalue weighted by atomic mass is 35.5. The zero-order valence-corrected chi connectivity index (χ0v) is 17.3. The maximum absolute atomic E-state index is 13.1. The first kappa shape index (κ1) is 20.7. The molecule has 0 saturated carbocycles. The Labute approximate surface area is 183 Å². The summed E-state index contributed by atoms with van der Waals surface area (Å²) in [6.07, 6.45) is 3.45. The van der Waals surface area contributed by atoms with Gasteiger partial charge in [-0.2, -0.15) is 5.10 Å². The van der Waals surface area contributed by atoms with Gasteiger partial charge >= 0.3 is 0 Å². The first-order chi connectivity index (χ1) is 15.1. The van der Waals surface area contributed by atoms with Gasteiger partial charge in [0.25, 0.3) is 0 Å². The minimum Gasteiger partial charge on any atom is -0.365 e. The van der Waals surface area contributed by atoms with Crippen LogP contribution in [0.15, 0.2) is 61.1 Å². The highest BCUT2D eigenvalue weighted by Crippen LogP contribution is 2.19. The summed E-state index contributed by atoms with van der Waals surface area (Å²) in [4.78, 5) is 20.8. The molecule has 4 aromatic rings. The van der Waals surface area contributed by atoms with E-state index in [4.69, 9.17) is 11.6 Å². The number of nitrogens with one attached hydrogen (secondary N) is 2. The van der Waals surface area contributed by atoms with Crippen molar-refractivity contribution in [2.45, 2.75) is 19.5 Å². The van der Waals surface area contributed by atoms with Gasteiger partial charge in [0, 0.05) is 18.1 Å². The van der Waals surface area contributed by atoms with Gasteiger partial charge in [-0.3, -0.25) is 4.79 Å². The van der Waals surface area contributed by atoms with E-state index in [1.165, 1.54) is 18.5 Å². The molecule has 0 aliphatic heterocycles. The van der Waals surface area contributed by atoms with Gasteiger partial charge in [-0.25, -0.2) is 19.0 Å². The number of rotatable bonds is 8. The van der Waals surface area contributed by atoms with E-state index in [1.807, 2.05) is 12.1 Å². The molecule has 0 unspecified atom stereocenters. The lowest BCUT2D eigenvalue weighted by Gasteiger charge is -2.08. The average molecular weight is 439 g/mol. The lowest BCUT2D eigenvalue weighted by molar-refractivity contribution is -0.120. The Kier molecular flexibility index (Phi) is 6.37. The first-order valence-corrected chi connectivity index (χ1v) is 10.1. The van der Waals surface area contributed by atoms with Gasteiger partial charge in [-0.15, -0.1) is 0 Å².